The van der Waals surface area contributed by atoms with Crippen LogP contribution in [0.2, 0.25) is 0 Å². The van der Waals surface area contributed by atoms with Crippen LogP contribution in [0.25, 0.3) is 0 Å². The van der Waals surface area contributed by atoms with Gasteiger partial charge in [-0.15, -0.1) is 0 Å². The van der Waals surface area contributed by atoms with Crippen LogP contribution >= 0.6 is 0 Å². The van der Waals surface area contributed by atoms with E-state index in [1.807, 2.05) is 13.0 Å². The van der Waals surface area contributed by atoms with Crippen molar-refractivity contribution in [3.8, 4) is 0 Å². The highest BCUT2D eigenvalue weighted by atomic mass is 19.1. The van der Waals surface area contributed by atoms with Crippen molar-refractivity contribution in [1.82, 2.24) is 5.43 Å². The molecule has 2 aromatic carbocycles. The Morgan fingerprint density at radius 3 is 2.74 bits per heavy atom. The Kier molecular flexibility index (Phi) is 4.03. The number of rotatable bonds is 3. The van der Waals surface area contributed by atoms with Crippen LogP contribution in [0.15, 0.2) is 53.6 Å². The average Bonchev–Trinajstić information content (AvgIpc) is 2.38. The van der Waals surface area contributed by atoms with Gasteiger partial charge >= 0.3 is 0 Å². The maximum absolute atomic E-state index is 12.9. The summed E-state index contributed by atoms with van der Waals surface area (Å²) in [5.74, 6) is -0.634. The van der Waals surface area contributed by atoms with E-state index in [-0.39, 0.29) is 11.7 Å². The highest BCUT2D eigenvalue weighted by molar-refractivity contribution is 5.95. The van der Waals surface area contributed by atoms with Gasteiger partial charge in [-0.05, 0) is 36.8 Å². The van der Waals surface area contributed by atoms with Crippen molar-refractivity contribution in [2.24, 2.45) is 5.10 Å². The molecule has 0 aliphatic carbocycles. The highest BCUT2D eigenvalue weighted by Gasteiger charge is 2.03. The molecule has 19 heavy (non-hydrogen) atoms. The van der Waals surface area contributed by atoms with Gasteiger partial charge in [-0.25, -0.2) is 9.82 Å². The van der Waals surface area contributed by atoms with Gasteiger partial charge in [0.15, 0.2) is 0 Å². The van der Waals surface area contributed by atoms with Gasteiger partial charge in [-0.1, -0.05) is 29.8 Å². The minimum absolute atomic E-state index is 0.295. The molecular weight excluding hydrogens is 243 g/mol. The molecule has 0 aliphatic rings. The smallest absolute Gasteiger partial charge is 0.267 e. The monoisotopic (exact) mass is 256 g/mol. The number of carbonyl (C=O) groups is 1. The lowest BCUT2D eigenvalue weighted by atomic mass is 10.1. The van der Waals surface area contributed by atoms with E-state index in [0.717, 1.165) is 5.56 Å². The zero-order chi connectivity index (χ0) is 13.7. The number of benzene rings is 2. The molecule has 0 saturated heterocycles. The standard InChI is InChI=1S/C15H13FN2O/c1-11-4-2-6-13(8-11)15(19)18-17-10-12-5-3-7-14(16)9-12/h2-10H,1H3,(H,18,19)/b17-10+. The van der Waals surface area contributed by atoms with Crippen LogP contribution in [-0.2, 0) is 0 Å². The minimum Gasteiger partial charge on any atom is -0.267 e. The molecule has 0 fully saturated rings. The Balaban J connectivity index is 2.01. The molecule has 2 aromatic rings. The summed E-state index contributed by atoms with van der Waals surface area (Å²) in [5.41, 5.74) is 4.53. The number of amides is 1. The second-order valence-corrected chi connectivity index (χ2v) is 4.12. The molecule has 0 aliphatic heterocycles. The van der Waals surface area contributed by atoms with Gasteiger partial charge < -0.3 is 0 Å². The lowest BCUT2D eigenvalue weighted by Crippen LogP contribution is -2.17. The van der Waals surface area contributed by atoms with E-state index in [9.17, 15) is 9.18 Å². The number of carbonyl (C=O) groups excluding carboxylic acids is 1. The molecule has 0 saturated carbocycles. The summed E-state index contributed by atoms with van der Waals surface area (Å²) in [6.07, 6.45) is 1.40. The second-order valence-electron chi connectivity index (χ2n) is 4.12. The van der Waals surface area contributed by atoms with E-state index >= 15 is 0 Å². The maximum Gasteiger partial charge on any atom is 0.271 e. The summed E-state index contributed by atoms with van der Waals surface area (Å²) < 4.78 is 12.9. The summed E-state index contributed by atoms with van der Waals surface area (Å²) in [5, 5.41) is 3.80. The van der Waals surface area contributed by atoms with Gasteiger partial charge in [0.25, 0.3) is 5.91 Å². The number of aryl methyl sites for hydroxylation is 1. The highest BCUT2D eigenvalue weighted by Crippen LogP contribution is 2.04. The van der Waals surface area contributed by atoms with E-state index in [1.54, 1.807) is 30.3 Å². The lowest BCUT2D eigenvalue weighted by molar-refractivity contribution is 0.0955. The summed E-state index contributed by atoms with van der Waals surface area (Å²) in [7, 11) is 0. The third-order valence-corrected chi connectivity index (χ3v) is 2.51. The number of halogens is 1. The Morgan fingerprint density at radius 2 is 2.00 bits per heavy atom. The second kappa shape index (κ2) is 5.91. The Hall–Kier alpha value is -2.49. The van der Waals surface area contributed by atoms with E-state index in [1.165, 1.54) is 18.3 Å². The molecule has 1 amide bonds. The fourth-order valence-corrected chi connectivity index (χ4v) is 1.60. The summed E-state index contributed by atoms with van der Waals surface area (Å²) in [6.45, 7) is 1.91. The molecule has 0 heterocycles. The van der Waals surface area contributed by atoms with Crippen LogP contribution in [-0.4, -0.2) is 12.1 Å². The molecule has 2 rings (SSSR count). The maximum atomic E-state index is 12.9. The van der Waals surface area contributed by atoms with Gasteiger partial charge in [0.2, 0.25) is 0 Å². The van der Waals surface area contributed by atoms with Gasteiger partial charge in [0.05, 0.1) is 6.21 Å². The van der Waals surface area contributed by atoms with Gasteiger partial charge in [-0.3, -0.25) is 4.79 Å². The van der Waals surface area contributed by atoms with Crippen molar-refractivity contribution in [2.75, 3.05) is 0 Å². The molecule has 0 bridgehead atoms. The third kappa shape index (κ3) is 3.74. The molecule has 96 valence electrons. The first-order valence-electron chi connectivity index (χ1n) is 5.81. The zero-order valence-corrected chi connectivity index (χ0v) is 10.4. The normalized spacial score (nSPS) is 10.6. The number of hydrogen-bond donors (Lipinski definition) is 1. The molecule has 0 aromatic heterocycles. The molecular formula is C15H13FN2O. The van der Waals surface area contributed by atoms with Gasteiger partial charge in [-0.2, -0.15) is 5.10 Å². The number of nitrogens with zero attached hydrogens (tertiary/aromatic N) is 1. The first-order valence-corrected chi connectivity index (χ1v) is 5.81. The van der Waals surface area contributed by atoms with Crippen molar-refractivity contribution in [2.45, 2.75) is 6.92 Å². The fourth-order valence-electron chi connectivity index (χ4n) is 1.60. The molecule has 0 radical (unpaired) electrons. The zero-order valence-electron chi connectivity index (χ0n) is 10.4. The van der Waals surface area contributed by atoms with Crippen molar-refractivity contribution in [3.63, 3.8) is 0 Å². The topological polar surface area (TPSA) is 41.5 Å². The SMILES string of the molecule is Cc1cccc(C(=O)N/N=C/c2cccc(F)c2)c1. The summed E-state index contributed by atoms with van der Waals surface area (Å²) >= 11 is 0. The summed E-state index contributed by atoms with van der Waals surface area (Å²) in [6, 6.07) is 13.2. The first-order chi connectivity index (χ1) is 9.15. The number of nitrogens with one attached hydrogen (secondary N) is 1. The van der Waals surface area contributed by atoms with Crippen molar-refractivity contribution < 1.29 is 9.18 Å². The lowest BCUT2D eigenvalue weighted by Gasteiger charge is -2.00. The van der Waals surface area contributed by atoms with E-state index in [4.69, 9.17) is 0 Å². The fraction of sp³-hybridized carbons (Fsp3) is 0.0667. The Bertz CT molecular complexity index is 623. The third-order valence-electron chi connectivity index (χ3n) is 2.51. The van der Waals surface area contributed by atoms with Gasteiger partial charge in [0.1, 0.15) is 5.82 Å². The van der Waals surface area contributed by atoms with Crippen LogP contribution in [0, 0.1) is 12.7 Å². The molecule has 0 unspecified atom stereocenters. The summed E-state index contributed by atoms with van der Waals surface area (Å²) in [4.78, 5) is 11.8. The van der Waals surface area contributed by atoms with E-state index in [0.29, 0.717) is 11.1 Å². The number of hydrazone groups is 1. The van der Waals surface area contributed by atoms with Crippen LogP contribution in [0.1, 0.15) is 21.5 Å². The molecule has 3 nitrogen and oxygen atoms in total. The predicted octanol–water partition coefficient (Wildman–Crippen LogP) is 2.90. The minimum atomic E-state index is -0.339. The molecule has 0 spiro atoms. The van der Waals surface area contributed by atoms with Crippen molar-refractivity contribution in [3.05, 3.63) is 71.0 Å². The van der Waals surface area contributed by atoms with Crippen LogP contribution in [0.4, 0.5) is 4.39 Å². The average molecular weight is 256 g/mol. The largest absolute Gasteiger partial charge is 0.271 e. The molecule has 1 N–H and O–H groups in total. The van der Waals surface area contributed by atoms with E-state index in [2.05, 4.69) is 10.5 Å². The molecule has 0 atom stereocenters. The van der Waals surface area contributed by atoms with Gasteiger partial charge in [0, 0.05) is 5.56 Å². The van der Waals surface area contributed by atoms with Crippen molar-refractivity contribution >= 4 is 12.1 Å². The quantitative estimate of drug-likeness (QED) is 0.665. The van der Waals surface area contributed by atoms with Crippen LogP contribution in [0.3, 0.4) is 0 Å². The van der Waals surface area contributed by atoms with Crippen LogP contribution in [0.5, 0.6) is 0 Å². The van der Waals surface area contributed by atoms with Crippen molar-refractivity contribution in [1.29, 1.82) is 0 Å². The van der Waals surface area contributed by atoms with E-state index < -0.39 is 0 Å². The molecule has 4 heteroatoms. The Labute approximate surface area is 110 Å². The number of hydrogen-bond acceptors (Lipinski definition) is 2. The predicted molar refractivity (Wildman–Crippen MR) is 72.6 cm³/mol. The van der Waals surface area contributed by atoms with Crippen LogP contribution < -0.4 is 5.43 Å². The first kappa shape index (κ1) is 13.0. The Morgan fingerprint density at radius 1 is 1.21 bits per heavy atom.